The van der Waals surface area contributed by atoms with E-state index in [1.807, 2.05) is 0 Å². The molecule has 2 rings (SSSR count). The largest absolute Gasteiger partial charge is 0.495 e. The molecule has 11 heteroatoms. The molecule has 1 aliphatic heterocycles. The minimum Gasteiger partial charge on any atom is -0.495 e. The number of urea groups is 1. The summed E-state index contributed by atoms with van der Waals surface area (Å²) in [5, 5.41) is 7.48. The molecule has 1 aromatic carbocycles. The SMILES string of the molecule is CNC(=O)Nc1ccc(OC)c(NC(=O)C(C(=O)C(C)(C)C)N2C(=O)OC(C)(C)C2=O)c1. The number of nitrogens with zero attached hydrogens (tertiary/aromatic N) is 1. The zero-order valence-electron chi connectivity index (χ0n) is 19.1. The Kier molecular flexibility index (Phi) is 6.82. The third-order valence-corrected chi connectivity index (χ3v) is 4.71. The van der Waals surface area contributed by atoms with E-state index in [1.54, 1.807) is 26.8 Å². The minimum absolute atomic E-state index is 0.123. The highest BCUT2D eigenvalue weighted by molar-refractivity contribution is 6.19. The first kappa shape index (κ1) is 24.6. The lowest BCUT2D eigenvalue weighted by molar-refractivity contribution is -0.145. The van der Waals surface area contributed by atoms with Crippen LogP contribution in [0.4, 0.5) is 21.0 Å². The fraction of sp³-hybridized carbons (Fsp3) is 0.476. The number of carbonyl (C=O) groups excluding carboxylic acids is 5. The summed E-state index contributed by atoms with van der Waals surface area (Å²) in [6.45, 7) is 7.46. The number of benzene rings is 1. The molecule has 0 radical (unpaired) electrons. The lowest BCUT2D eigenvalue weighted by Gasteiger charge is -2.28. The Balaban J connectivity index is 2.46. The number of hydrogen-bond acceptors (Lipinski definition) is 7. The third kappa shape index (κ3) is 4.98. The molecule has 32 heavy (non-hydrogen) atoms. The van der Waals surface area contributed by atoms with Gasteiger partial charge in [-0.2, -0.15) is 0 Å². The van der Waals surface area contributed by atoms with Gasteiger partial charge in [-0.3, -0.25) is 14.4 Å². The summed E-state index contributed by atoms with van der Waals surface area (Å²) < 4.78 is 10.3. The van der Waals surface area contributed by atoms with Gasteiger partial charge in [-0.25, -0.2) is 14.5 Å². The van der Waals surface area contributed by atoms with Gasteiger partial charge in [0.1, 0.15) is 5.75 Å². The number of ketones is 1. The second kappa shape index (κ2) is 8.85. The number of ether oxygens (including phenoxy) is 2. The van der Waals surface area contributed by atoms with Crippen molar-refractivity contribution >= 4 is 41.1 Å². The van der Waals surface area contributed by atoms with E-state index in [0.29, 0.717) is 10.6 Å². The molecule has 5 amide bonds. The molecular weight excluding hydrogens is 420 g/mol. The van der Waals surface area contributed by atoms with E-state index in [9.17, 15) is 24.0 Å². The lowest BCUT2D eigenvalue weighted by atomic mass is 9.85. The van der Waals surface area contributed by atoms with Crippen LogP contribution in [0.15, 0.2) is 18.2 Å². The maximum atomic E-state index is 13.3. The van der Waals surface area contributed by atoms with Gasteiger partial charge in [-0.05, 0) is 32.0 Å². The van der Waals surface area contributed by atoms with Crippen molar-refractivity contribution in [2.45, 2.75) is 46.3 Å². The Morgan fingerprint density at radius 3 is 2.22 bits per heavy atom. The second-order valence-corrected chi connectivity index (χ2v) is 8.68. The summed E-state index contributed by atoms with van der Waals surface area (Å²) in [6, 6.07) is 2.21. The Morgan fingerprint density at radius 1 is 1.12 bits per heavy atom. The molecule has 174 valence electrons. The number of amides is 5. The zero-order valence-corrected chi connectivity index (χ0v) is 19.1. The van der Waals surface area contributed by atoms with Gasteiger partial charge in [0.2, 0.25) is 0 Å². The van der Waals surface area contributed by atoms with Gasteiger partial charge in [0.25, 0.3) is 11.8 Å². The number of methoxy groups -OCH3 is 1. The van der Waals surface area contributed by atoms with Crippen LogP contribution in [-0.2, 0) is 19.1 Å². The van der Waals surface area contributed by atoms with E-state index in [0.717, 1.165) is 0 Å². The van der Waals surface area contributed by atoms with E-state index in [1.165, 1.54) is 40.1 Å². The summed E-state index contributed by atoms with van der Waals surface area (Å²) in [5.74, 6) is -2.15. The molecule has 3 N–H and O–H groups in total. The second-order valence-electron chi connectivity index (χ2n) is 8.68. The number of rotatable bonds is 6. The van der Waals surface area contributed by atoms with Crippen molar-refractivity contribution in [3.63, 3.8) is 0 Å². The summed E-state index contributed by atoms with van der Waals surface area (Å²) in [6.07, 6.45) is -1.08. The molecule has 1 atom stereocenters. The average molecular weight is 448 g/mol. The smallest absolute Gasteiger partial charge is 0.418 e. The maximum Gasteiger partial charge on any atom is 0.418 e. The Labute approximate surface area is 185 Å². The highest BCUT2D eigenvalue weighted by atomic mass is 16.6. The fourth-order valence-corrected chi connectivity index (χ4v) is 2.95. The standard InChI is InChI=1S/C21H28N4O7/c1-20(2,3)15(26)14(25-17(28)21(4,5)32-19(25)30)16(27)24-12-10-11(23-18(29)22-6)8-9-13(12)31-7/h8-10,14H,1-7H3,(H,24,27)(H2,22,23,29). The van der Waals surface area contributed by atoms with Gasteiger partial charge in [-0.1, -0.05) is 20.8 Å². The molecule has 0 bridgehead atoms. The highest BCUT2D eigenvalue weighted by Crippen LogP contribution is 2.32. The van der Waals surface area contributed by atoms with Gasteiger partial charge in [0, 0.05) is 18.2 Å². The molecule has 0 saturated carbocycles. The lowest BCUT2D eigenvalue weighted by Crippen LogP contribution is -2.55. The van der Waals surface area contributed by atoms with Crippen molar-refractivity contribution in [2.24, 2.45) is 5.41 Å². The quantitative estimate of drug-likeness (QED) is 0.566. The summed E-state index contributed by atoms with van der Waals surface area (Å²) in [7, 11) is 2.82. The van der Waals surface area contributed by atoms with Gasteiger partial charge in [0.05, 0.1) is 12.8 Å². The van der Waals surface area contributed by atoms with Crippen molar-refractivity contribution in [3.8, 4) is 5.75 Å². The van der Waals surface area contributed by atoms with Crippen LogP contribution in [-0.4, -0.2) is 60.4 Å². The Bertz CT molecular complexity index is 965. The van der Waals surface area contributed by atoms with Gasteiger partial charge in [-0.15, -0.1) is 0 Å². The molecule has 11 nitrogen and oxygen atoms in total. The monoisotopic (exact) mass is 448 g/mol. The third-order valence-electron chi connectivity index (χ3n) is 4.71. The van der Waals surface area contributed by atoms with E-state index in [2.05, 4.69) is 16.0 Å². The molecular formula is C21H28N4O7. The summed E-state index contributed by atoms with van der Waals surface area (Å²) in [5.41, 5.74) is -2.11. The van der Waals surface area contributed by atoms with Crippen molar-refractivity contribution in [1.82, 2.24) is 10.2 Å². The van der Waals surface area contributed by atoms with E-state index >= 15 is 0 Å². The molecule has 0 aromatic heterocycles. The number of hydrogen-bond donors (Lipinski definition) is 3. The number of Topliss-reactive ketones (excluding diaryl/α,β-unsaturated/α-hetero) is 1. The van der Waals surface area contributed by atoms with Crippen LogP contribution in [0.3, 0.4) is 0 Å². The van der Waals surface area contributed by atoms with Crippen LogP contribution in [0.2, 0.25) is 0 Å². The topological polar surface area (TPSA) is 143 Å². The normalized spacial score (nSPS) is 16.2. The van der Waals surface area contributed by atoms with Crippen LogP contribution < -0.4 is 20.7 Å². The molecule has 1 fully saturated rings. The number of anilines is 2. The predicted octanol–water partition coefficient (Wildman–Crippen LogP) is 2.13. The molecule has 0 spiro atoms. The Hall–Kier alpha value is -3.63. The van der Waals surface area contributed by atoms with Crippen LogP contribution >= 0.6 is 0 Å². The zero-order chi connectivity index (χ0) is 24.4. The number of carbonyl (C=O) groups is 5. The van der Waals surface area contributed by atoms with Crippen LogP contribution in [0, 0.1) is 5.41 Å². The van der Waals surface area contributed by atoms with Crippen molar-refractivity contribution in [2.75, 3.05) is 24.8 Å². The van der Waals surface area contributed by atoms with E-state index in [-0.39, 0.29) is 11.4 Å². The maximum absolute atomic E-state index is 13.3. The van der Waals surface area contributed by atoms with E-state index < -0.39 is 46.8 Å². The highest BCUT2D eigenvalue weighted by Gasteiger charge is 2.55. The van der Waals surface area contributed by atoms with Crippen molar-refractivity contribution in [1.29, 1.82) is 0 Å². The molecule has 0 aliphatic carbocycles. The van der Waals surface area contributed by atoms with Crippen LogP contribution in [0.25, 0.3) is 0 Å². The van der Waals surface area contributed by atoms with Crippen LogP contribution in [0.5, 0.6) is 5.75 Å². The first-order chi connectivity index (χ1) is 14.7. The van der Waals surface area contributed by atoms with E-state index in [4.69, 9.17) is 9.47 Å². The molecule has 1 heterocycles. The molecule has 1 aromatic rings. The minimum atomic E-state index is -1.77. The molecule has 1 unspecified atom stereocenters. The molecule has 1 aliphatic rings. The van der Waals surface area contributed by atoms with Crippen molar-refractivity contribution in [3.05, 3.63) is 18.2 Å². The van der Waals surface area contributed by atoms with Gasteiger partial charge >= 0.3 is 12.1 Å². The fourth-order valence-electron chi connectivity index (χ4n) is 2.95. The Morgan fingerprint density at radius 2 is 1.75 bits per heavy atom. The first-order valence-electron chi connectivity index (χ1n) is 9.81. The number of cyclic esters (lactones) is 1. The van der Waals surface area contributed by atoms with Gasteiger partial charge < -0.3 is 25.4 Å². The predicted molar refractivity (Wildman–Crippen MR) is 115 cm³/mol. The summed E-state index contributed by atoms with van der Waals surface area (Å²) in [4.78, 5) is 63.7. The number of nitrogens with one attached hydrogen (secondary N) is 3. The number of imide groups is 1. The van der Waals surface area contributed by atoms with Crippen molar-refractivity contribution < 1.29 is 33.4 Å². The molecule has 1 saturated heterocycles. The average Bonchev–Trinajstić information content (AvgIpc) is 2.89. The van der Waals surface area contributed by atoms with Gasteiger partial charge in [0.15, 0.2) is 17.4 Å². The summed E-state index contributed by atoms with van der Waals surface area (Å²) >= 11 is 0. The van der Waals surface area contributed by atoms with Crippen LogP contribution in [0.1, 0.15) is 34.6 Å². The first-order valence-corrected chi connectivity index (χ1v) is 9.81.